The molecule has 0 radical (unpaired) electrons. The van der Waals surface area contributed by atoms with E-state index in [1.165, 1.54) is 4.88 Å². The Morgan fingerprint density at radius 1 is 1.29 bits per heavy atom. The molecule has 1 aromatic rings. The summed E-state index contributed by atoms with van der Waals surface area (Å²) in [6.45, 7) is 11.4. The average molecular weight is 271 g/mol. The van der Waals surface area contributed by atoms with Crippen LogP contribution in [0.4, 0.5) is 0 Å². The van der Waals surface area contributed by atoms with Crippen LogP contribution in [0.15, 0.2) is 17.5 Å². The maximum atomic E-state index is 4.49. The molecule has 17 heavy (non-hydrogen) atoms. The predicted octanol–water partition coefficient (Wildman–Crippen LogP) is 4.16. The fraction of sp³-hybridized carbons (Fsp3) is 0.714. The summed E-state index contributed by atoms with van der Waals surface area (Å²) < 4.78 is 0. The van der Waals surface area contributed by atoms with Gasteiger partial charge in [-0.05, 0) is 42.9 Å². The molecule has 0 aliphatic carbocycles. The van der Waals surface area contributed by atoms with Crippen LogP contribution >= 0.6 is 24.0 Å². The lowest BCUT2D eigenvalue weighted by atomic mass is 9.97. The number of rotatable bonds is 7. The summed E-state index contributed by atoms with van der Waals surface area (Å²) in [5, 5.41) is 2.16. The van der Waals surface area contributed by atoms with Gasteiger partial charge in [0.05, 0.1) is 0 Å². The molecule has 0 saturated heterocycles. The summed E-state index contributed by atoms with van der Waals surface area (Å²) in [6, 6.07) is 4.96. The van der Waals surface area contributed by atoms with E-state index >= 15 is 0 Å². The molecule has 0 spiro atoms. The molecule has 1 unspecified atom stereocenters. The fourth-order valence-electron chi connectivity index (χ4n) is 1.84. The third-order valence-corrected chi connectivity index (χ3v) is 4.65. The maximum Gasteiger partial charge on any atom is 0.0330 e. The zero-order valence-corrected chi connectivity index (χ0v) is 13.1. The molecule has 0 aliphatic heterocycles. The van der Waals surface area contributed by atoms with E-state index in [-0.39, 0.29) is 0 Å². The van der Waals surface area contributed by atoms with Crippen molar-refractivity contribution in [3.63, 3.8) is 0 Å². The number of hydrogen-bond donors (Lipinski definition) is 1. The highest BCUT2D eigenvalue weighted by atomic mass is 32.1. The second kappa shape index (κ2) is 7.45. The Morgan fingerprint density at radius 3 is 2.41 bits per heavy atom. The van der Waals surface area contributed by atoms with Crippen LogP contribution in [0.2, 0.25) is 0 Å². The Morgan fingerprint density at radius 2 is 2.00 bits per heavy atom. The van der Waals surface area contributed by atoms with E-state index in [9.17, 15) is 0 Å². The molecule has 0 bridgehead atoms. The lowest BCUT2D eigenvalue weighted by Gasteiger charge is -2.31. The van der Waals surface area contributed by atoms with Gasteiger partial charge >= 0.3 is 0 Å². The summed E-state index contributed by atoms with van der Waals surface area (Å²) in [4.78, 5) is 4.02. The Hall–Kier alpha value is 0.01000. The van der Waals surface area contributed by atoms with Gasteiger partial charge in [-0.15, -0.1) is 11.3 Å². The third kappa shape index (κ3) is 5.02. The lowest BCUT2D eigenvalue weighted by molar-refractivity contribution is 0.168. The van der Waals surface area contributed by atoms with Gasteiger partial charge in [0.2, 0.25) is 0 Å². The van der Waals surface area contributed by atoms with E-state index in [2.05, 4.69) is 62.7 Å². The van der Waals surface area contributed by atoms with Gasteiger partial charge in [0, 0.05) is 24.0 Å². The summed E-state index contributed by atoms with van der Waals surface area (Å²) >= 11 is 6.34. The molecule has 0 aliphatic rings. The quantitative estimate of drug-likeness (QED) is 0.729. The third-order valence-electron chi connectivity index (χ3n) is 3.32. The van der Waals surface area contributed by atoms with Gasteiger partial charge in [-0.25, -0.2) is 0 Å². The van der Waals surface area contributed by atoms with E-state index in [1.807, 2.05) is 11.3 Å². The molecule has 1 atom stereocenters. The minimum Gasteiger partial charge on any atom is -0.296 e. The van der Waals surface area contributed by atoms with Gasteiger partial charge in [0.1, 0.15) is 0 Å². The molecular weight excluding hydrogens is 246 g/mol. The molecule has 1 heterocycles. The Bertz CT molecular complexity index is 293. The van der Waals surface area contributed by atoms with E-state index in [4.69, 9.17) is 0 Å². The van der Waals surface area contributed by atoms with Crippen molar-refractivity contribution in [1.82, 2.24) is 4.90 Å². The first kappa shape index (κ1) is 15.1. The molecule has 98 valence electrons. The SMILES string of the molecule is CC(C)C(CS)CN(Cc1cccs1)C(C)C. The predicted molar refractivity (Wildman–Crippen MR) is 82.0 cm³/mol. The highest BCUT2D eigenvalue weighted by Gasteiger charge is 2.18. The van der Waals surface area contributed by atoms with Crippen LogP contribution in [0, 0.1) is 11.8 Å². The highest BCUT2D eigenvalue weighted by molar-refractivity contribution is 7.80. The minimum absolute atomic E-state index is 0.596. The first-order valence-corrected chi connectivity index (χ1v) is 7.93. The number of nitrogens with zero attached hydrogens (tertiary/aromatic N) is 1. The van der Waals surface area contributed by atoms with Gasteiger partial charge in [-0.3, -0.25) is 4.90 Å². The smallest absolute Gasteiger partial charge is 0.0330 e. The van der Waals surface area contributed by atoms with E-state index in [1.54, 1.807) is 0 Å². The number of thiol groups is 1. The van der Waals surface area contributed by atoms with Crippen LogP contribution in [0.25, 0.3) is 0 Å². The zero-order valence-electron chi connectivity index (χ0n) is 11.4. The molecule has 0 fully saturated rings. The summed E-state index contributed by atoms with van der Waals surface area (Å²) in [5.41, 5.74) is 0. The molecule has 0 saturated carbocycles. The topological polar surface area (TPSA) is 3.24 Å². The van der Waals surface area contributed by atoms with Crippen molar-refractivity contribution < 1.29 is 0 Å². The van der Waals surface area contributed by atoms with Gasteiger partial charge in [0.15, 0.2) is 0 Å². The van der Waals surface area contributed by atoms with Crippen LogP contribution in [0.1, 0.15) is 32.6 Å². The molecule has 0 amide bonds. The lowest BCUT2D eigenvalue weighted by Crippen LogP contribution is -2.36. The second-order valence-corrected chi connectivity index (χ2v) is 6.69. The monoisotopic (exact) mass is 271 g/mol. The Kier molecular flexibility index (Phi) is 6.60. The molecule has 3 heteroatoms. The van der Waals surface area contributed by atoms with Gasteiger partial charge < -0.3 is 0 Å². The molecular formula is C14H25NS2. The van der Waals surface area contributed by atoms with Gasteiger partial charge in [-0.2, -0.15) is 12.6 Å². The zero-order chi connectivity index (χ0) is 12.8. The molecule has 0 N–H and O–H groups in total. The summed E-state index contributed by atoms with van der Waals surface area (Å²) in [5.74, 6) is 2.36. The minimum atomic E-state index is 0.596. The normalized spacial score (nSPS) is 13.9. The van der Waals surface area contributed by atoms with Crippen LogP contribution in [-0.2, 0) is 6.54 Å². The second-order valence-electron chi connectivity index (χ2n) is 5.29. The summed E-state index contributed by atoms with van der Waals surface area (Å²) in [6.07, 6.45) is 0. The van der Waals surface area contributed by atoms with E-state index in [0.717, 1.165) is 18.8 Å². The van der Waals surface area contributed by atoms with Crippen LogP contribution in [0.5, 0.6) is 0 Å². The maximum absolute atomic E-state index is 4.49. The number of hydrogen-bond acceptors (Lipinski definition) is 3. The molecule has 1 aromatic heterocycles. The first-order valence-electron chi connectivity index (χ1n) is 6.41. The van der Waals surface area contributed by atoms with Crippen molar-refractivity contribution >= 4 is 24.0 Å². The molecule has 1 nitrogen and oxygen atoms in total. The van der Waals surface area contributed by atoms with Crippen molar-refractivity contribution in [2.45, 2.75) is 40.3 Å². The van der Waals surface area contributed by atoms with Crippen LogP contribution in [-0.4, -0.2) is 23.2 Å². The van der Waals surface area contributed by atoms with Crippen LogP contribution in [0.3, 0.4) is 0 Å². The fourth-order valence-corrected chi connectivity index (χ4v) is 3.11. The van der Waals surface area contributed by atoms with Gasteiger partial charge in [-0.1, -0.05) is 19.9 Å². The summed E-state index contributed by atoms with van der Waals surface area (Å²) in [7, 11) is 0. The largest absolute Gasteiger partial charge is 0.296 e. The number of thiophene rings is 1. The molecule has 1 rings (SSSR count). The Labute approximate surface area is 116 Å². The van der Waals surface area contributed by atoms with Crippen molar-refractivity contribution in [3.8, 4) is 0 Å². The van der Waals surface area contributed by atoms with Crippen LogP contribution < -0.4 is 0 Å². The van der Waals surface area contributed by atoms with Crippen molar-refractivity contribution in [3.05, 3.63) is 22.4 Å². The van der Waals surface area contributed by atoms with Crippen molar-refractivity contribution in [1.29, 1.82) is 0 Å². The first-order chi connectivity index (χ1) is 8.04. The van der Waals surface area contributed by atoms with E-state index in [0.29, 0.717) is 17.9 Å². The Balaban J connectivity index is 2.59. The highest BCUT2D eigenvalue weighted by Crippen LogP contribution is 2.19. The van der Waals surface area contributed by atoms with Crippen molar-refractivity contribution in [2.24, 2.45) is 11.8 Å². The van der Waals surface area contributed by atoms with E-state index < -0.39 is 0 Å². The average Bonchev–Trinajstić information content (AvgIpc) is 2.75. The standard InChI is InChI=1S/C14H25NS2/c1-11(2)13(10-16)8-15(12(3)4)9-14-6-5-7-17-14/h5-7,11-13,16H,8-10H2,1-4H3. The van der Waals surface area contributed by atoms with Crippen molar-refractivity contribution in [2.75, 3.05) is 12.3 Å². The van der Waals surface area contributed by atoms with Gasteiger partial charge in [0.25, 0.3) is 0 Å². The molecule has 0 aromatic carbocycles.